The highest BCUT2D eigenvalue weighted by molar-refractivity contribution is 5.58. The number of nitrogens with one attached hydrogen (secondary N) is 1. The molecule has 1 aromatic rings. The summed E-state index contributed by atoms with van der Waals surface area (Å²) in [7, 11) is 0. The van der Waals surface area contributed by atoms with Crippen LogP contribution in [0.5, 0.6) is 0 Å². The number of rotatable bonds is 6. The summed E-state index contributed by atoms with van der Waals surface area (Å²) < 4.78 is 43.2. The van der Waals surface area contributed by atoms with Gasteiger partial charge in [-0.15, -0.1) is 0 Å². The Morgan fingerprint density at radius 2 is 2.00 bits per heavy atom. The Hall–Kier alpha value is -1.43. The van der Waals surface area contributed by atoms with E-state index in [2.05, 4.69) is 5.32 Å². The maximum Gasteiger partial charge on any atom is 0.418 e. The predicted molar refractivity (Wildman–Crippen MR) is 70.0 cm³/mol. The van der Waals surface area contributed by atoms with Crippen molar-refractivity contribution in [2.24, 2.45) is 5.92 Å². The van der Waals surface area contributed by atoms with Crippen molar-refractivity contribution in [1.82, 2.24) is 0 Å². The third kappa shape index (κ3) is 5.38. The first-order valence-electron chi connectivity index (χ1n) is 6.09. The first-order valence-corrected chi connectivity index (χ1v) is 6.09. The van der Waals surface area contributed by atoms with Gasteiger partial charge in [-0.2, -0.15) is 13.2 Å². The number of halogens is 3. The minimum Gasteiger partial charge on any atom is -0.398 e. The third-order valence-corrected chi connectivity index (χ3v) is 2.39. The number of anilines is 2. The van der Waals surface area contributed by atoms with Gasteiger partial charge >= 0.3 is 6.18 Å². The van der Waals surface area contributed by atoms with Crippen LogP contribution >= 0.6 is 0 Å². The Bertz CT molecular complexity index is 405. The van der Waals surface area contributed by atoms with E-state index >= 15 is 0 Å². The van der Waals surface area contributed by atoms with Crippen LogP contribution in [0.1, 0.15) is 19.4 Å². The molecule has 0 unspecified atom stereocenters. The van der Waals surface area contributed by atoms with E-state index in [4.69, 9.17) is 10.5 Å². The average Bonchev–Trinajstić information content (AvgIpc) is 2.28. The fourth-order valence-electron chi connectivity index (χ4n) is 1.50. The lowest BCUT2D eigenvalue weighted by Gasteiger charge is -2.13. The smallest absolute Gasteiger partial charge is 0.398 e. The Labute approximate surface area is 110 Å². The maximum atomic E-state index is 12.6. The first-order chi connectivity index (χ1) is 8.80. The van der Waals surface area contributed by atoms with Crippen LogP contribution in [0.25, 0.3) is 0 Å². The zero-order valence-electron chi connectivity index (χ0n) is 11.1. The molecule has 0 aliphatic heterocycles. The van der Waals surface area contributed by atoms with Crippen molar-refractivity contribution < 1.29 is 17.9 Å². The van der Waals surface area contributed by atoms with E-state index < -0.39 is 11.7 Å². The summed E-state index contributed by atoms with van der Waals surface area (Å²) in [5.74, 6) is 0.438. The number of alkyl halides is 3. The summed E-state index contributed by atoms with van der Waals surface area (Å²) in [6, 6.07) is 3.78. The molecule has 3 nitrogen and oxygen atoms in total. The molecule has 0 heterocycles. The van der Waals surface area contributed by atoms with Crippen molar-refractivity contribution in [3.63, 3.8) is 0 Å². The Morgan fingerprint density at radius 3 is 2.58 bits per heavy atom. The highest BCUT2D eigenvalue weighted by atomic mass is 19.4. The maximum absolute atomic E-state index is 12.6. The normalized spacial score (nSPS) is 11.9. The van der Waals surface area contributed by atoms with E-state index in [0.29, 0.717) is 31.4 Å². The van der Waals surface area contributed by atoms with Gasteiger partial charge in [0.1, 0.15) is 0 Å². The number of nitrogens with two attached hydrogens (primary N) is 1. The molecule has 0 saturated heterocycles. The molecule has 0 aliphatic carbocycles. The lowest BCUT2D eigenvalue weighted by Crippen LogP contribution is -2.14. The number of nitrogen functional groups attached to an aromatic ring is 1. The molecule has 0 aliphatic rings. The van der Waals surface area contributed by atoms with Crippen LogP contribution in [-0.2, 0) is 10.9 Å². The summed E-state index contributed by atoms with van der Waals surface area (Å²) in [4.78, 5) is 0. The molecule has 1 rings (SSSR count). The first kappa shape index (κ1) is 15.6. The summed E-state index contributed by atoms with van der Waals surface area (Å²) >= 11 is 0. The molecule has 1 aromatic carbocycles. The molecular weight excluding hydrogens is 257 g/mol. The predicted octanol–water partition coefficient (Wildman–Crippen LogP) is 3.37. The second kappa shape index (κ2) is 6.65. The Kier molecular flexibility index (Phi) is 5.47. The average molecular weight is 276 g/mol. The highest BCUT2D eigenvalue weighted by Crippen LogP contribution is 2.34. The minimum absolute atomic E-state index is 0.269. The van der Waals surface area contributed by atoms with Crippen molar-refractivity contribution in [2.75, 3.05) is 30.8 Å². The number of hydrogen-bond acceptors (Lipinski definition) is 3. The molecule has 0 radical (unpaired) electrons. The molecule has 0 fully saturated rings. The van der Waals surface area contributed by atoms with Gasteiger partial charge in [0, 0.05) is 24.5 Å². The Balaban J connectivity index is 2.51. The van der Waals surface area contributed by atoms with Gasteiger partial charge < -0.3 is 15.8 Å². The van der Waals surface area contributed by atoms with E-state index in [1.807, 2.05) is 13.8 Å². The van der Waals surface area contributed by atoms with E-state index in [1.165, 1.54) is 12.1 Å². The van der Waals surface area contributed by atoms with Gasteiger partial charge in [-0.25, -0.2) is 0 Å². The Morgan fingerprint density at radius 1 is 1.32 bits per heavy atom. The molecule has 19 heavy (non-hydrogen) atoms. The van der Waals surface area contributed by atoms with Gasteiger partial charge in [-0.3, -0.25) is 0 Å². The zero-order chi connectivity index (χ0) is 14.5. The van der Waals surface area contributed by atoms with E-state index in [0.717, 1.165) is 6.07 Å². The number of hydrogen-bond donors (Lipinski definition) is 2. The molecule has 0 bridgehead atoms. The van der Waals surface area contributed by atoms with Crippen LogP contribution in [0.3, 0.4) is 0 Å². The summed E-state index contributed by atoms with van der Waals surface area (Å²) in [6.45, 7) is 5.60. The summed E-state index contributed by atoms with van der Waals surface area (Å²) in [6.07, 6.45) is -4.43. The van der Waals surface area contributed by atoms with Gasteiger partial charge in [-0.1, -0.05) is 13.8 Å². The lowest BCUT2D eigenvalue weighted by molar-refractivity contribution is -0.136. The van der Waals surface area contributed by atoms with Crippen molar-refractivity contribution in [3.8, 4) is 0 Å². The van der Waals surface area contributed by atoms with E-state index in [9.17, 15) is 13.2 Å². The van der Waals surface area contributed by atoms with Crippen molar-refractivity contribution >= 4 is 11.4 Å². The molecule has 0 amide bonds. The fourth-order valence-corrected chi connectivity index (χ4v) is 1.50. The third-order valence-electron chi connectivity index (χ3n) is 2.39. The summed E-state index contributed by atoms with van der Waals surface area (Å²) in [5, 5.41) is 2.88. The van der Waals surface area contributed by atoms with Gasteiger partial charge in [0.25, 0.3) is 0 Å². The minimum atomic E-state index is -4.43. The van der Waals surface area contributed by atoms with Crippen LogP contribution in [0.4, 0.5) is 24.5 Å². The second-order valence-electron chi connectivity index (χ2n) is 4.70. The molecule has 6 heteroatoms. The van der Waals surface area contributed by atoms with Gasteiger partial charge in [0.05, 0.1) is 12.2 Å². The number of benzene rings is 1. The second-order valence-corrected chi connectivity index (χ2v) is 4.70. The van der Waals surface area contributed by atoms with Crippen LogP contribution in [0.15, 0.2) is 18.2 Å². The van der Waals surface area contributed by atoms with Crippen LogP contribution in [0.2, 0.25) is 0 Å². The van der Waals surface area contributed by atoms with Gasteiger partial charge in [-0.05, 0) is 24.1 Å². The van der Waals surface area contributed by atoms with Crippen LogP contribution < -0.4 is 11.1 Å². The standard InChI is InChI=1S/C13H19F3N2O/c1-9(2)8-19-6-5-18-10-3-4-12(17)11(7-10)13(14,15)16/h3-4,7,9,18H,5-6,8,17H2,1-2H3. The number of ether oxygens (including phenoxy) is 1. The van der Waals surface area contributed by atoms with Gasteiger partial charge in [0.15, 0.2) is 0 Å². The molecule has 0 aromatic heterocycles. The summed E-state index contributed by atoms with van der Waals surface area (Å²) in [5.41, 5.74) is 4.61. The monoisotopic (exact) mass is 276 g/mol. The fraction of sp³-hybridized carbons (Fsp3) is 0.538. The van der Waals surface area contributed by atoms with Crippen molar-refractivity contribution in [2.45, 2.75) is 20.0 Å². The highest BCUT2D eigenvalue weighted by Gasteiger charge is 2.33. The molecule has 0 saturated carbocycles. The van der Waals surface area contributed by atoms with Gasteiger partial charge in [0.2, 0.25) is 0 Å². The van der Waals surface area contributed by atoms with Crippen molar-refractivity contribution in [1.29, 1.82) is 0 Å². The molecule has 3 N–H and O–H groups in total. The molecule has 0 spiro atoms. The molecule has 0 atom stereocenters. The molecule has 108 valence electrons. The van der Waals surface area contributed by atoms with E-state index in [-0.39, 0.29) is 5.69 Å². The molecular formula is C13H19F3N2O. The quantitative estimate of drug-likeness (QED) is 0.618. The lowest BCUT2D eigenvalue weighted by atomic mass is 10.1. The van der Waals surface area contributed by atoms with Crippen molar-refractivity contribution in [3.05, 3.63) is 23.8 Å². The SMILES string of the molecule is CC(C)COCCNc1ccc(N)c(C(F)(F)F)c1. The van der Waals surface area contributed by atoms with Crippen LogP contribution in [0, 0.1) is 5.92 Å². The van der Waals surface area contributed by atoms with E-state index in [1.54, 1.807) is 0 Å². The zero-order valence-corrected chi connectivity index (χ0v) is 11.1. The largest absolute Gasteiger partial charge is 0.418 e. The van der Waals surface area contributed by atoms with Crippen LogP contribution in [-0.4, -0.2) is 19.8 Å². The topological polar surface area (TPSA) is 47.3 Å².